The molecule has 2 aliphatic rings. The molecule has 1 N–H and O–H groups in total. The molecule has 0 radical (unpaired) electrons. The van der Waals surface area contributed by atoms with Crippen LogP contribution in [0.3, 0.4) is 0 Å². The third kappa shape index (κ3) is 1.95. The molecule has 0 amide bonds. The number of aryl methyl sites for hydroxylation is 1. The van der Waals surface area contributed by atoms with Crippen molar-refractivity contribution in [2.75, 3.05) is 7.11 Å². The maximum atomic E-state index is 11.0. The molecule has 0 bridgehead atoms. The molecule has 3 nitrogen and oxygen atoms in total. The molecule has 0 aliphatic heterocycles. The van der Waals surface area contributed by atoms with Gasteiger partial charge in [-0.25, -0.2) is 0 Å². The Balaban J connectivity index is 1.87. The van der Waals surface area contributed by atoms with Crippen LogP contribution in [-0.2, 0) is 11.2 Å². The van der Waals surface area contributed by atoms with Gasteiger partial charge in [-0.2, -0.15) is 0 Å². The number of fused-ring (bicyclic) bond motifs is 1. The number of rotatable bonds is 2. The molecular weight excluding hydrogens is 226 g/mol. The Labute approximate surface area is 108 Å². The molecule has 0 aromatic carbocycles. The van der Waals surface area contributed by atoms with Gasteiger partial charge < -0.3 is 9.84 Å². The van der Waals surface area contributed by atoms with Gasteiger partial charge in [0.2, 0.25) is 0 Å². The first kappa shape index (κ1) is 12.1. The van der Waals surface area contributed by atoms with E-state index in [-0.39, 0.29) is 12.0 Å². The molecule has 0 spiro atoms. The quantitative estimate of drug-likeness (QED) is 0.872. The summed E-state index contributed by atoms with van der Waals surface area (Å²) in [6, 6.07) is 4.13. The van der Waals surface area contributed by atoms with Crippen molar-refractivity contribution < 1.29 is 9.84 Å². The van der Waals surface area contributed by atoms with Crippen molar-refractivity contribution >= 4 is 0 Å². The van der Waals surface area contributed by atoms with Gasteiger partial charge in [-0.3, -0.25) is 4.98 Å². The topological polar surface area (TPSA) is 42.4 Å². The molecule has 2 aliphatic carbocycles. The molecular formula is C15H21NO2. The molecule has 1 fully saturated rings. The molecule has 3 atom stereocenters. The van der Waals surface area contributed by atoms with E-state index in [1.165, 1.54) is 5.56 Å². The molecule has 1 saturated carbocycles. The highest BCUT2D eigenvalue weighted by Gasteiger charge is 2.45. The van der Waals surface area contributed by atoms with Crippen molar-refractivity contribution in [2.45, 2.75) is 56.1 Å². The van der Waals surface area contributed by atoms with Crippen LogP contribution < -0.4 is 0 Å². The van der Waals surface area contributed by atoms with Crippen molar-refractivity contribution in [3.05, 3.63) is 29.6 Å². The zero-order valence-corrected chi connectivity index (χ0v) is 10.9. The van der Waals surface area contributed by atoms with Crippen molar-refractivity contribution in [3.63, 3.8) is 0 Å². The SMILES string of the molecule is COC1CCCC(O)(C2CCc3cccnc32)C1. The van der Waals surface area contributed by atoms with Crippen LogP contribution in [0.5, 0.6) is 0 Å². The highest BCUT2D eigenvalue weighted by Crippen LogP contribution is 2.46. The predicted octanol–water partition coefficient (Wildman–Crippen LogP) is 2.43. The fourth-order valence-electron chi connectivity index (χ4n) is 3.69. The average Bonchev–Trinajstić information content (AvgIpc) is 2.83. The summed E-state index contributed by atoms with van der Waals surface area (Å²) in [6.45, 7) is 0. The maximum Gasteiger partial charge on any atom is 0.0756 e. The number of hydrogen-bond donors (Lipinski definition) is 1. The third-order valence-electron chi connectivity index (χ3n) is 4.66. The Morgan fingerprint density at radius 1 is 1.44 bits per heavy atom. The summed E-state index contributed by atoms with van der Waals surface area (Å²) in [5, 5.41) is 11.0. The second-order valence-corrected chi connectivity index (χ2v) is 5.70. The Hall–Kier alpha value is -0.930. The van der Waals surface area contributed by atoms with Gasteiger partial charge in [-0.05, 0) is 43.7 Å². The van der Waals surface area contributed by atoms with Crippen LogP contribution in [0.15, 0.2) is 18.3 Å². The lowest BCUT2D eigenvalue weighted by molar-refractivity contribution is -0.0754. The van der Waals surface area contributed by atoms with Crippen LogP contribution in [0, 0.1) is 0 Å². The molecule has 1 heterocycles. The molecule has 3 rings (SSSR count). The van der Waals surface area contributed by atoms with E-state index in [1.54, 1.807) is 7.11 Å². The second kappa shape index (κ2) is 4.63. The highest BCUT2D eigenvalue weighted by molar-refractivity contribution is 5.31. The van der Waals surface area contributed by atoms with E-state index in [1.807, 2.05) is 12.3 Å². The number of pyridine rings is 1. The van der Waals surface area contributed by atoms with Crippen LogP contribution in [0.1, 0.15) is 49.3 Å². The van der Waals surface area contributed by atoms with Crippen LogP contribution >= 0.6 is 0 Å². The van der Waals surface area contributed by atoms with Gasteiger partial charge in [0.25, 0.3) is 0 Å². The van der Waals surface area contributed by atoms with Crippen LogP contribution in [0.25, 0.3) is 0 Å². The van der Waals surface area contributed by atoms with Gasteiger partial charge in [0.1, 0.15) is 0 Å². The van der Waals surface area contributed by atoms with Gasteiger partial charge in [0, 0.05) is 31.3 Å². The van der Waals surface area contributed by atoms with E-state index in [2.05, 4.69) is 11.1 Å². The van der Waals surface area contributed by atoms with Gasteiger partial charge in [-0.15, -0.1) is 0 Å². The number of methoxy groups -OCH3 is 1. The summed E-state index contributed by atoms with van der Waals surface area (Å²) in [5.74, 6) is 0.201. The number of hydrogen-bond acceptors (Lipinski definition) is 3. The monoisotopic (exact) mass is 247 g/mol. The highest BCUT2D eigenvalue weighted by atomic mass is 16.5. The molecule has 98 valence electrons. The number of aromatic nitrogens is 1. The van der Waals surface area contributed by atoms with E-state index >= 15 is 0 Å². The fourth-order valence-corrected chi connectivity index (χ4v) is 3.69. The number of aliphatic hydroxyl groups is 1. The van der Waals surface area contributed by atoms with Gasteiger partial charge >= 0.3 is 0 Å². The number of ether oxygens (including phenoxy) is 1. The Bertz CT molecular complexity index is 434. The molecule has 3 heteroatoms. The van der Waals surface area contributed by atoms with Crippen molar-refractivity contribution in [2.24, 2.45) is 0 Å². The Kier molecular flexibility index (Phi) is 3.12. The minimum atomic E-state index is -0.613. The minimum absolute atomic E-state index is 0.201. The summed E-state index contributed by atoms with van der Waals surface area (Å²) >= 11 is 0. The lowest BCUT2D eigenvalue weighted by atomic mass is 9.73. The third-order valence-corrected chi connectivity index (χ3v) is 4.66. The maximum absolute atomic E-state index is 11.0. The van der Waals surface area contributed by atoms with Gasteiger partial charge in [0.15, 0.2) is 0 Å². The standard InChI is InChI=1S/C15H21NO2/c1-18-12-5-2-8-15(17,10-12)13-7-6-11-4-3-9-16-14(11)13/h3-4,9,12-13,17H,2,5-8,10H2,1H3. The number of nitrogens with zero attached hydrogens (tertiary/aromatic N) is 1. The van der Waals surface area contributed by atoms with Crippen LogP contribution in [0.2, 0.25) is 0 Å². The van der Waals surface area contributed by atoms with Gasteiger partial charge in [-0.1, -0.05) is 6.07 Å². The van der Waals surface area contributed by atoms with E-state index in [0.29, 0.717) is 0 Å². The Morgan fingerprint density at radius 2 is 2.33 bits per heavy atom. The first-order valence-corrected chi connectivity index (χ1v) is 6.92. The lowest BCUT2D eigenvalue weighted by Crippen LogP contribution is -2.43. The molecule has 0 saturated heterocycles. The molecule has 1 aromatic rings. The zero-order valence-electron chi connectivity index (χ0n) is 10.9. The first-order valence-electron chi connectivity index (χ1n) is 6.92. The molecule has 3 unspecified atom stereocenters. The predicted molar refractivity (Wildman–Crippen MR) is 69.5 cm³/mol. The normalized spacial score (nSPS) is 35.4. The van der Waals surface area contributed by atoms with Crippen molar-refractivity contribution in [1.82, 2.24) is 4.98 Å². The average molecular weight is 247 g/mol. The Morgan fingerprint density at radius 3 is 3.17 bits per heavy atom. The summed E-state index contributed by atoms with van der Waals surface area (Å²) in [6.07, 6.45) is 7.88. The summed E-state index contributed by atoms with van der Waals surface area (Å²) < 4.78 is 5.45. The van der Waals surface area contributed by atoms with Gasteiger partial charge in [0.05, 0.1) is 11.7 Å². The molecule has 1 aromatic heterocycles. The largest absolute Gasteiger partial charge is 0.389 e. The summed E-state index contributed by atoms with van der Waals surface area (Å²) in [7, 11) is 1.75. The summed E-state index contributed by atoms with van der Waals surface area (Å²) in [5.41, 5.74) is 1.82. The van der Waals surface area contributed by atoms with Crippen LogP contribution in [-0.4, -0.2) is 28.9 Å². The first-order chi connectivity index (χ1) is 8.73. The van der Waals surface area contributed by atoms with E-state index in [4.69, 9.17) is 4.74 Å². The zero-order chi connectivity index (χ0) is 12.6. The van der Waals surface area contributed by atoms with Crippen molar-refractivity contribution in [1.29, 1.82) is 0 Å². The fraction of sp³-hybridized carbons (Fsp3) is 0.667. The smallest absolute Gasteiger partial charge is 0.0756 e. The molecule has 18 heavy (non-hydrogen) atoms. The van der Waals surface area contributed by atoms with E-state index < -0.39 is 5.60 Å². The summed E-state index contributed by atoms with van der Waals surface area (Å²) in [4.78, 5) is 4.51. The minimum Gasteiger partial charge on any atom is -0.389 e. The second-order valence-electron chi connectivity index (χ2n) is 5.70. The van der Waals surface area contributed by atoms with Crippen LogP contribution in [0.4, 0.5) is 0 Å². The lowest BCUT2D eigenvalue weighted by Gasteiger charge is -2.40. The van der Waals surface area contributed by atoms with E-state index in [9.17, 15) is 5.11 Å². The van der Waals surface area contributed by atoms with Crippen molar-refractivity contribution in [3.8, 4) is 0 Å². The van der Waals surface area contributed by atoms with E-state index in [0.717, 1.165) is 44.2 Å².